The predicted octanol–water partition coefficient (Wildman–Crippen LogP) is 1.11. The zero-order valence-corrected chi connectivity index (χ0v) is 11.1. The fourth-order valence-electron chi connectivity index (χ4n) is 1.91. The Morgan fingerprint density at radius 2 is 2.22 bits per heavy atom. The smallest absolute Gasteiger partial charge is 0.253 e. The summed E-state index contributed by atoms with van der Waals surface area (Å²) in [5.74, 6) is -0.0713. The molecule has 1 aliphatic rings. The van der Waals surface area contributed by atoms with Crippen LogP contribution in [0.25, 0.3) is 0 Å². The topological polar surface area (TPSA) is 64.1 Å². The minimum absolute atomic E-state index is 0.0713. The summed E-state index contributed by atoms with van der Waals surface area (Å²) in [5, 5.41) is 11.0. The molecular formula is C13H19N3O2. The minimum Gasteiger partial charge on any atom is -0.380 e. The standard InChI is InChI=1S/C13H19N3O2/c1-4-11-10(5-9(2)15-16-11)12(17)14-6-13(3)7-18-8-13/h5H,4,6-8H2,1-3H3,(H,14,17). The van der Waals surface area contributed by atoms with Crippen LogP contribution in [-0.2, 0) is 11.2 Å². The second-order valence-electron chi connectivity index (χ2n) is 5.19. The number of aromatic nitrogens is 2. The van der Waals surface area contributed by atoms with Gasteiger partial charge in [-0.1, -0.05) is 13.8 Å². The Morgan fingerprint density at radius 1 is 1.50 bits per heavy atom. The van der Waals surface area contributed by atoms with Crippen LogP contribution in [0.4, 0.5) is 0 Å². The number of amides is 1. The van der Waals surface area contributed by atoms with Crippen LogP contribution in [0.1, 0.15) is 35.6 Å². The van der Waals surface area contributed by atoms with Crippen LogP contribution in [0.3, 0.4) is 0 Å². The van der Waals surface area contributed by atoms with Crippen molar-refractivity contribution in [3.63, 3.8) is 0 Å². The van der Waals surface area contributed by atoms with Crippen molar-refractivity contribution in [2.75, 3.05) is 19.8 Å². The van der Waals surface area contributed by atoms with E-state index in [2.05, 4.69) is 22.4 Å². The van der Waals surface area contributed by atoms with Gasteiger partial charge < -0.3 is 10.1 Å². The molecule has 5 nitrogen and oxygen atoms in total. The fraction of sp³-hybridized carbons (Fsp3) is 0.615. The van der Waals surface area contributed by atoms with Gasteiger partial charge in [0, 0.05) is 12.0 Å². The van der Waals surface area contributed by atoms with E-state index in [0.29, 0.717) is 31.7 Å². The average Bonchev–Trinajstić information content (AvgIpc) is 2.33. The van der Waals surface area contributed by atoms with Crippen molar-refractivity contribution >= 4 is 5.91 Å². The summed E-state index contributed by atoms with van der Waals surface area (Å²) in [5.41, 5.74) is 2.22. The Labute approximate surface area is 107 Å². The third-order valence-electron chi connectivity index (χ3n) is 3.15. The lowest BCUT2D eigenvalue weighted by atomic mass is 9.88. The maximum absolute atomic E-state index is 12.1. The SMILES string of the molecule is CCc1nnc(C)cc1C(=O)NCC1(C)COC1. The number of nitrogens with zero attached hydrogens (tertiary/aromatic N) is 2. The number of nitrogens with one attached hydrogen (secondary N) is 1. The summed E-state index contributed by atoms with van der Waals surface area (Å²) >= 11 is 0. The van der Waals surface area contributed by atoms with Crippen LogP contribution in [0, 0.1) is 12.3 Å². The lowest BCUT2D eigenvalue weighted by Gasteiger charge is -2.38. The zero-order valence-electron chi connectivity index (χ0n) is 11.1. The van der Waals surface area contributed by atoms with Gasteiger partial charge in [-0.05, 0) is 19.4 Å². The molecule has 0 atom stereocenters. The number of hydrogen-bond donors (Lipinski definition) is 1. The van der Waals surface area contributed by atoms with Gasteiger partial charge in [0.05, 0.1) is 30.2 Å². The molecule has 5 heteroatoms. The number of aryl methyl sites for hydroxylation is 2. The van der Waals surface area contributed by atoms with E-state index < -0.39 is 0 Å². The number of ether oxygens (including phenoxy) is 1. The van der Waals surface area contributed by atoms with E-state index in [0.717, 1.165) is 11.4 Å². The molecule has 98 valence electrons. The van der Waals surface area contributed by atoms with Gasteiger partial charge in [-0.25, -0.2) is 0 Å². The summed E-state index contributed by atoms with van der Waals surface area (Å²) in [7, 11) is 0. The van der Waals surface area contributed by atoms with Crippen LogP contribution in [0.15, 0.2) is 6.07 Å². The molecule has 1 aromatic heterocycles. The van der Waals surface area contributed by atoms with Gasteiger partial charge in [0.15, 0.2) is 0 Å². The monoisotopic (exact) mass is 249 g/mol. The Morgan fingerprint density at radius 3 is 2.78 bits per heavy atom. The van der Waals surface area contributed by atoms with Crippen molar-refractivity contribution in [3.8, 4) is 0 Å². The first-order valence-electron chi connectivity index (χ1n) is 6.23. The number of carbonyl (C=O) groups is 1. The highest BCUT2D eigenvalue weighted by Gasteiger charge is 2.33. The van der Waals surface area contributed by atoms with E-state index in [-0.39, 0.29) is 11.3 Å². The van der Waals surface area contributed by atoms with Crippen molar-refractivity contribution in [2.45, 2.75) is 27.2 Å². The molecule has 0 saturated carbocycles. The molecule has 0 radical (unpaired) electrons. The number of hydrogen-bond acceptors (Lipinski definition) is 4. The zero-order chi connectivity index (χ0) is 13.2. The molecular weight excluding hydrogens is 230 g/mol. The van der Waals surface area contributed by atoms with Gasteiger partial charge in [0.1, 0.15) is 0 Å². The highest BCUT2D eigenvalue weighted by molar-refractivity contribution is 5.95. The van der Waals surface area contributed by atoms with Crippen molar-refractivity contribution in [1.82, 2.24) is 15.5 Å². The van der Waals surface area contributed by atoms with E-state index in [9.17, 15) is 4.79 Å². The van der Waals surface area contributed by atoms with E-state index in [4.69, 9.17) is 4.74 Å². The van der Waals surface area contributed by atoms with E-state index in [1.165, 1.54) is 0 Å². The third kappa shape index (κ3) is 2.67. The molecule has 1 saturated heterocycles. The van der Waals surface area contributed by atoms with Gasteiger partial charge in [-0.2, -0.15) is 10.2 Å². The molecule has 1 fully saturated rings. The molecule has 0 spiro atoms. The fourth-order valence-corrected chi connectivity index (χ4v) is 1.91. The molecule has 1 N–H and O–H groups in total. The molecule has 0 unspecified atom stereocenters. The van der Waals surface area contributed by atoms with Crippen LogP contribution in [0.5, 0.6) is 0 Å². The second-order valence-corrected chi connectivity index (χ2v) is 5.19. The summed E-state index contributed by atoms with van der Waals surface area (Å²) in [6.45, 7) is 7.97. The second kappa shape index (κ2) is 5.02. The molecule has 0 aliphatic carbocycles. The molecule has 1 aliphatic heterocycles. The molecule has 18 heavy (non-hydrogen) atoms. The van der Waals surface area contributed by atoms with Gasteiger partial charge in [0.2, 0.25) is 0 Å². The normalized spacial score (nSPS) is 17.1. The molecule has 1 amide bonds. The van der Waals surface area contributed by atoms with Crippen molar-refractivity contribution in [1.29, 1.82) is 0 Å². The van der Waals surface area contributed by atoms with Gasteiger partial charge in [-0.15, -0.1) is 0 Å². The molecule has 2 heterocycles. The average molecular weight is 249 g/mol. The number of carbonyl (C=O) groups excluding carboxylic acids is 1. The molecule has 2 rings (SSSR count). The Kier molecular flexibility index (Phi) is 3.61. The highest BCUT2D eigenvalue weighted by Crippen LogP contribution is 2.25. The highest BCUT2D eigenvalue weighted by atomic mass is 16.5. The Balaban J connectivity index is 2.05. The number of rotatable bonds is 4. The summed E-state index contributed by atoms with van der Waals surface area (Å²) in [6.07, 6.45) is 0.705. The third-order valence-corrected chi connectivity index (χ3v) is 3.15. The Bertz CT molecular complexity index is 456. The van der Waals surface area contributed by atoms with Gasteiger partial charge in [0.25, 0.3) is 5.91 Å². The molecule has 0 bridgehead atoms. The van der Waals surface area contributed by atoms with Crippen LogP contribution >= 0.6 is 0 Å². The maximum Gasteiger partial charge on any atom is 0.253 e. The largest absolute Gasteiger partial charge is 0.380 e. The van der Waals surface area contributed by atoms with Gasteiger partial charge >= 0.3 is 0 Å². The first-order chi connectivity index (χ1) is 8.54. The predicted molar refractivity (Wildman–Crippen MR) is 67.4 cm³/mol. The van der Waals surface area contributed by atoms with Crippen LogP contribution in [0.2, 0.25) is 0 Å². The lowest BCUT2D eigenvalue weighted by molar-refractivity contribution is -0.0978. The maximum atomic E-state index is 12.1. The summed E-state index contributed by atoms with van der Waals surface area (Å²) in [4.78, 5) is 12.1. The molecule has 1 aromatic rings. The van der Waals surface area contributed by atoms with E-state index in [1.54, 1.807) is 6.07 Å². The van der Waals surface area contributed by atoms with E-state index in [1.807, 2.05) is 13.8 Å². The lowest BCUT2D eigenvalue weighted by Crippen LogP contribution is -2.48. The summed E-state index contributed by atoms with van der Waals surface area (Å²) in [6, 6.07) is 1.79. The van der Waals surface area contributed by atoms with Crippen LogP contribution < -0.4 is 5.32 Å². The van der Waals surface area contributed by atoms with Crippen LogP contribution in [-0.4, -0.2) is 35.9 Å². The molecule has 0 aromatic carbocycles. The first-order valence-corrected chi connectivity index (χ1v) is 6.23. The quantitative estimate of drug-likeness (QED) is 0.868. The first kappa shape index (κ1) is 13.0. The van der Waals surface area contributed by atoms with Crippen molar-refractivity contribution in [3.05, 3.63) is 23.0 Å². The Hall–Kier alpha value is -1.49. The minimum atomic E-state index is -0.0713. The van der Waals surface area contributed by atoms with E-state index >= 15 is 0 Å². The summed E-state index contributed by atoms with van der Waals surface area (Å²) < 4.78 is 5.17. The van der Waals surface area contributed by atoms with Crippen molar-refractivity contribution in [2.24, 2.45) is 5.41 Å². The van der Waals surface area contributed by atoms with Crippen molar-refractivity contribution < 1.29 is 9.53 Å². The van der Waals surface area contributed by atoms with Gasteiger partial charge in [-0.3, -0.25) is 4.79 Å².